The van der Waals surface area contributed by atoms with Gasteiger partial charge in [0.1, 0.15) is 0 Å². The number of H-pyrrole nitrogens is 1. The summed E-state index contributed by atoms with van der Waals surface area (Å²) in [5.41, 5.74) is 2.18. The lowest BCUT2D eigenvalue weighted by Gasteiger charge is -2.42. The number of rotatable bonds is 4. The lowest BCUT2D eigenvalue weighted by atomic mass is 9.72. The van der Waals surface area contributed by atoms with E-state index >= 15 is 0 Å². The Hall–Kier alpha value is -2.94. The van der Waals surface area contributed by atoms with Crippen molar-refractivity contribution in [2.45, 2.75) is 49.2 Å². The van der Waals surface area contributed by atoms with E-state index in [1.807, 2.05) is 12.1 Å². The first-order valence-corrected chi connectivity index (χ1v) is 11.2. The maximum Gasteiger partial charge on any atom is 0.417 e. The number of halogens is 4. The predicted molar refractivity (Wildman–Crippen MR) is 113 cm³/mol. The van der Waals surface area contributed by atoms with E-state index < -0.39 is 22.3 Å². The van der Waals surface area contributed by atoms with E-state index in [4.69, 9.17) is 11.6 Å². The van der Waals surface area contributed by atoms with Crippen molar-refractivity contribution in [3.8, 4) is 0 Å². The van der Waals surface area contributed by atoms with E-state index in [-0.39, 0.29) is 23.7 Å². The molecule has 3 heterocycles. The Morgan fingerprint density at radius 3 is 2.64 bits per heavy atom. The zero-order valence-electron chi connectivity index (χ0n) is 17.3. The fraction of sp³-hybridized carbons (Fsp3) is 0.391. The van der Waals surface area contributed by atoms with E-state index in [1.165, 1.54) is 0 Å². The second-order valence-electron chi connectivity index (χ2n) is 9.10. The maximum atomic E-state index is 13.2. The van der Waals surface area contributed by atoms with E-state index in [1.54, 1.807) is 12.4 Å². The molecule has 6 rings (SSSR count). The zero-order chi connectivity index (χ0) is 23.0. The molecule has 2 N–H and O–H groups in total. The quantitative estimate of drug-likeness (QED) is 0.573. The molecule has 0 bridgehead atoms. The number of aromatic amines is 1. The molecule has 3 aliphatic carbocycles. The third-order valence-electron chi connectivity index (χ3n) is 7.37. The molecule has 0 spiro atoms. The first-order chi connectivity index (χ1) is 15.8. The van der Waals surface area contributed by atoms with Gasteiger partial charge in [-0.15, -0.1) is 0 Å². The molecule has 0 aromatic carbocycles. The summed E-state index contributed by atoms with van der Waals surface area (Å²) in [6.45, 7) is 0. The molecule has 3 aromatic rings. The first kappa shape index (κ1) is 20.7. The normalized spacial score (nSPS) is 24.5. The van der Waals surface area contributed by atoms with Crippen molar-refractivity contribution < 1.29 is 18.0 Å². The topological polar surface area (TPSA) is 83.6 Å². The number of pyridine rings is 2. The predicted octanol–water partition coefficient (Wildman–Crippen LogP) is 4.73. The number of carbonyl (C=O) groups excluding carboxylic acids is 1. The Morgan fingerprint density at radius 2 is 1.97 bits per heavy atom. The molecular formula is C23H19ClF3N5O. The molecular weight excluding hydrogens is 455 g/mol. The van der Waals surface area contributed by atoms with Gasteiger partial charge in [0.15, 0.2) is 5.69 Å². The molecule has 10 heteroatoms. The lowest BCUT2D eigenvalue weighted by Crippen LogP contribution is -2.51. The number of carbonyl (C=O) groups is 1. The largest absolute Gasteiger partial charge is 0.417 e. The third-order valence-corrected chi connectivity index (χ3v) is 7.67. The summed E-state index contributed by atoms with van der Waals surface area (Å²) in [7, 11) is 0. The van der Waals surface area contributed by atoms with E-state index in [9.17, 15) is 18.0 Å². The fourth-order valence-electron chi connectivity index (χ4n) is 5.53. The van der Waals surface area contributed by atoms with Gasteiger partial charge in [-0.3, -0.25) is 19.9 Å². The number of aromatic nitrogens is 4. The van der Waals surface area contributed by atoms with Crippen LogP contribution < -0.4 is 5.32 Å². The highest BCUT2D eigenvalue weighted by Crippen LogP contribution is 2.66. The summed E-state index contributed by atoms with van der Waals surface area (Å²) >= 11 is 5.71. The van der Waals surface area contributed by atoms with Crippen LogP contribution in [0.4, 0.5) is 13.2 Å². The second-order valence-corrected chi connectivity index (χ2v) is 9.50. The van der Waals surface area contributed by atoms with E-state index in [0.29, 0.717) is 17.8 Å². The number of nitrogens with one attached hydrogen (secondary N) is 2. The van der Waals surface area contributed by atoms with Gasteiger partial charge in [0.05, 0.1) is 16.1 Å². The van der Waals surface area contributed by atoms with Crippen molar-refractivity contribution in [1.29, 1.82) is 0 Å². The average Bonchev–Trinajstić information content (AvgIpc) is 3.10. The molecule has 170 valence electrons. The summed E-state index contributed by atoms with van der Waals surface area (Å²) in [4.78, 5) is 21.4. The van der Waals surface area contributed by atoms with Crippen molar-refractivity contribution in [1.82, 2.24) is 25.5 Å². The van der Waals surface area contributed by atoms with Gasteiger partial charge in [-0.25, -0.2) is 0 Å². The number of nitrogens with zero attached hydrogens (tertiary/aromatic N) is 3. The summed E-state index contributed by atoms with van der Waals surface area (Å²) < 4.78 is 39.7. The molecule has 33 heavy (non-hydrogen) atoms. The van der Waals surface area contributed by atoms with Crippen LogP contribution in [0.2, 0.25) is 5.02 Å². The monoisotopic (exact) mass is 473 g/mol. The minimum Gasteiger partial charge on any atom is -0.341 e. The van der Waals surface area contributed by atoms with Crippen molar-refractivity contribution in [2.75, 3.05) is 0 Å². The minimum atomic E-state index is -4.53. The molecule has 3 atom stereocenters. The average molecular weight is 474 g/mol. The van der Waals surface area contributed by atoms with Gasteiger partial charge < -0.3 is 5.32 Å². The highest BCUT2D eigenvalue weighted by molar-refractivity contribution is 6.31. The molecule has 1 amide bonds. The second kappa shape index (κ2) is 7.03. The smallest absolute Gasteiger partial charge is 0.341 e. The standard InChI is InChI=1S/C23H19ClF3N5O/c24-15-10-29-16(9-14(15)23(25,26)27)17-12-8-13-19(18(12)17)31-32-20(13)21(33)30-22(4-1-5-22)11-2-6-28-7-3-11/h2-3,6-7,9-10,12,17-18H,1,4-5,8H2,(H,30,33)(H,31,32). The summed E-state index contributed by atoms with van der Waals surface area (Å²) in [6, 6.07) is 4.88. The van der Waals surface area contributed by atoms with Crippen LogP contribution >= 0.6 is 11.6 Å². The number of amides is 1. The van der Waals surface area contributed by atoms with Crippen LogP contribution in [0.1, 0.15) is 69.7 Å². The van der Waals surface area contributed by atoms with Crippen LogP contribution in [0.5, 0.6) is 0 Å². The molecule has 3 aliphatic rings. The van der Waals surface area contributed by atoms with Crippen LogP contribution in [-0.2, 0) is 18.1 Å². The van der Waals surface area contributed by atoms with Crippen LogP contribution in [-0.4, -0.2) is 26.1 Å². The number of hydrogen-bond donors (Lipinski definition) is 2. The van der Waals surface area contributed by atoms with Crippen molar-refractivity contribution in [3.05, 3.63) is 75.6 Å². The van der Waals surface area contributed by atoms with E-state index in [2.05, 4.69) is 25.5 Å². The number of alkyl halides is 3. The summed E-state index contributed by atoms with van der Waals surface area (Å²) in [5, 5.41) is 10.0. The van der Waals surface area contributed by atoms with Crippen molar-refractivity contribution in [3.63, 3.8) is 0 Å². The third kappa shape index (κ3) is 3.16. The summed E-state index contributed by atoms with van der Waals surface area (Å²) in [5.74, 6) is -0.275. The lowest BCUT2D eigenvalue weighted by molar-refractivity contribution is -0.137. The van der Waals surface area contributed by atoms with Crippen molar-refractivity contribution in [2.24, 2.45) is 5.92 Å². The Labute approximate surface area is 192 Å². The molecule has 6 nitrogen and oxygen atoms in total. The Morgan fingerprint density at radius 1 is 1.21 bits per heavy atom. The Balaban J connectivity index is 1.23. The SMILES string of the molecule is O=C(NC1(c2ccncc2)CCC1)c1n[nH]c2c1CC1C(c3cc(C(F)(F)F)c(Cl)cn3)C21. The van der Waals surface area contributed by atoms with Gasteiger partial charge in [0.2, 0.25) is 0 Å². The maximum absolute atomic E-state index is 13.2. The Kier molecular flexibility index (Phi) is 4.40. The van der Waals surface area contributed by atoms with Crippen LogP contribution in [0.15, 0.2) is 36.8 Å². The zero-order valence-corrected chi connectivity index (χ0v) is 18.0. The van der Waals surface area contributed by atoms with Crippen molar-refractivity contribution >= 4 is 17.5 Å². The number of hydrogen-bond acceptors (Lipinski definition) is 4. The van der Waals surface area contributed by atoms with Crippen LogP contribution in [0.3, 0.4) is 0 Å². The Bertz CT molecular complexity index is 1250. The summed E-state index contributed by atoms with van der Waals surface area (Å²) in [6.07, 6.45) is 3.29. The van der Waals surface area contributed by atoms with Gasteiger partial charge in [-0.2, -0.15) is 18.3 Å². The van der Waals surface area contributed by atoms with E-state index in [0.717, 1.165) is 48.3 Å². The van der Waals surface area contributed by atoms with Gasteiger partial charge in [-0.1, -0.05) is 11.6 Å². The molecule has 0 saturated heterocycles. The fourth-order valence-corrected chi connectivity index (χ4v) is 5.74. The molecule has 3 aromatic heterocycles. The highest BCUT2D eigenvalue weighted by atomic mass is 35.5. The van der Waals surface area contributed by atoms with Gasteiger partial charge in [0, 0.05) is 47.4 Å². The van der Waals surface area contributed by atoms with Crippen LogP contribution in [0, 0.1) is 5.92 Å². The van der Waals surface area contributed by atoms with Gasteiger partial charge in [-0.05, 0) is 55.4 Å². The number of fused-ring (bicyclic) bond motifs is 3. The molecule has 0 aliphatic heterocycles. The highest BCUT2D eigenvalue weighted by Gasteiger charge is 2.59. The van der Waals surface area contributed by atoms with Crippen LogP contribution in [0.25, 0.3) is 0 Å². The molecule has 3 unspecified atom stereocenters. The minimum absolute atomic E-state index is 0.0123. The first-order valence-electron chi connectivity index (χ1n) is 10.8. The molecule has 0 radical (unpaired) electrons. The molecule has 2 fully saturated rings. The van der Waals surface area contributed by atoms with Gasteiger partial charge in [0.25, 0.3) is 5.91 Å². The molecule has 2 saturated carbocycles. The van der Waals surface area contributed by atoms with Gasteiger partial charge >= 0.3 is 6.18 Å².